The van der Waals surface area contributed by atoms with E-state index in [2.05, 4.69) is 10.2 Å². The number of carbonyl (C=O) groups is 1. The van der Waals surface area contributed by atoms with Gasteiger partial charge in [0, 0.05) is 35.4 Å². The monoisotopic (exact) mass is 390 g/mol. The van der Waals surface area contributed by atoms with Crippen molar-refractivity contribution in [3.8, 4) is 11.5 Å². The van der Waals surface area contributed by atoms with Gasteiger partial charge >= 0.3 is 0 Å². The molecule has 1 N–H and O–H groups in total. The van der Waals surface area contributed by atoms with E-state index in [0.717, 1.165) is 19.4 Å². The van der Waals surface area contributed by atoms with Crippen LogP contribution in [0.25, 0.3) is 0 Å². The Kier molecular flexibility index (Phi) is 5.18. The molecule has 142 valence electrons. The first-order chi connectivity index (χ1) is 13.1. The van der Waals surface area contributed by atoms with E-state index in [-0.39, 0.29) is 24.4 Å². The van der Waals surface area contributed by atoms with Crippen molar-refractivity contribution in [1.82, 2.24) is 4.90 Å². The molecule has 2 aromatic rings. The number of rotatable bonds is 4. The molecule has 2 heterocycles. The fourth-order valence-electron chi connectivity index (χ4n) is 3.54. The Hall–Kier alpha value is -2.31. The Bertz CT molecular complexity index is 841. The van der Waals surface area contributed by atoms with Crippen LogP contribution in [0.4, 0.5) is 10.1 Å². The van der Waals surface area contributed by atoms with E-state index in [1.54, 1.807) is 30.3 Å². The van der Waals surface area contributed by atoms with E-state index in [0.29, 0.717) is 40.9 Å². The van der Waals surface area contributed by atoms with Crippen LogP contribution < -0.4 is 14.8 Å². The lowest BCUT2D eigenvalue weighted by atomic mass is 9.96. The highest BCUT2D eigenvalue weighted by molar-refractivity contribution is 6.31. The maximum atomic E-state index is 14.0. The molecule has 1 amide bonds. The van der Waals surface area contributed by atoms with Gasteiger partial charge in [-0.1, -0.05) is 17.7 Å². The van der Waals surface area contributed by atoms with Crippen molar-refractivity contribution in [3.05, 3.63) is 52.8 Å². The topological polar surface area (TPSA) is 50.8 Å². The molecule has 0 aromatic heterocycles. The van der Waals surface area contributed by atoms with Crippen molar-refractivity contribution in [2.75, 3.05) is 25.2 Å². The van der Waals surface area contributed by atoms with Crippen molar-refractivity contribution in [1.29, 1.82) is 0 Å². The molecule has 4 rings (SSSR count). The SMILES string of the molecule is O=C(Nc1ccc2c(c1)OCO2)C1CCCN(Cc2c(F)cccc2Cl)C1. The van der Waals surface area contributed by atoms with Gasteiger partial charge in [0.05, 0.1) is 5.92 Å². The summed E-state index contributed by atoms with van der Waals surface area (Å²) in [6.45, 7) is 1.99. The van der Waals surface area contributed by atoms with Crippen molar-refractivity contribution in [3.63, 3.8) is 0 Å². The number of anilines is 1. The number of ether oxygens (including phenoxy) is 2. The number of piperidine rings is 1. The second kappa shape index (κ2) is 7.74. The number of nitrogens with zero attached hydrogens (tertiary/aromatic N) is 1. The number of carbonyl (C=O) groups excluding carboxylic acids is 1. The first kappa shape index (κ1) is 18.1. The van der Waals surface area contributed by atoms with Crippen LogP contribution >= 0.6 is 11.6 Å². The molecular formula is C20H20ClFN2O3. The van der Waals surface area contributed by atoms with E-state index >= 15 is 0 Å². The largest absolute Gasteiger partial charge is 0.454 e. The van der Waals surface area contributed by atoms with Crippen LogP contribution in [0.15, 0.2) is 36.4 Å². The molecule has 1 atom stereocenters. The summed E-state index contributed by atoms with van der Waals surface area (Å²) in [7, 11) is 0. The lowest BCUT2D eigenvalue weighted by Gasteiger charge is -2.32. The first-order valence-corrected chi connectivity index (χ1v) is 9.34. The maximum Gasteiger partial charge on any atom is 0.231 e. The Morgan fingerprint density at radius 3 is 2.96 bits per heavy atom. The number of amides is 1. The number of fused-ring (bicyclic) bond motifs is 1. The van der Waals surface area contributed by atoms with E-state index in [4.69, 9.17) is 21.1 Å². The zero-order valence-corrected chi connectivity index (χ0v) is 15.5. The van der Waals surface area contributed by atoms with Crippen molar-refractivity contribution >= 4 is 23.2 Å². The van der Waals surface area contributed by atoms with Gasteiger partial charge in [-0.25, -0.2) is 4.39 Å². The van der Waals surface area contributed by atoms with Crippen LogP contribution in [0.2, 0.25) is 5.02 Å². The van der Waals surface area contributed by atoms with Gasteiger partial charge in [-0.2, -0.15) is 0 Å². The minimum Gasteiger partial charge on any atom is -0.454 e. The molecule has 7 heteroatoms. The normalized spacial score (nSPS) is 19.1. The molecule has 1 unspecified atom stereocenters. The number of hydrogen-bond acceptors (Lipinski definition) is 4. The number of benzene rings is 2. The van der Waals surface area contributed by atoms with E-state index < -0.39 is 0 Å². The fourth-order valence-corrected chi connectivity index (χ4v) is 3.76. The molecule has 0 radical (unpaired) electrons. The van der Waals surface area contributed by atoms with Crippen LogP contribution in [-0.2, 0) is 11.3 Å². The maximum absolute atomic E-state index is 14.0. The van der Waals surface area contributed by atoms with Gasteiger partial charge in [-0.05, 0) is 43.7 Å². The summed E-state index contributed by atoms with van der Waals surface area (Å²) in [6.07, 6.45) is 1.68. The number of hydrogen-bond donors (Lipinski definition) is 1. The Morgan fingerprint density at radius 1 is 1.26 bits per heavy atom. The second-order valence-corrected chi connectivity index (χ2v) is 7.24. The van der Waals surface area contributed by atoms with E-state index in [1.165, 1.54) is 6.07 Å². The predicted molar refractivity (Wildman–Crippen MR) is 101 cm³/mol. The van der Waals surface area contributed by atoms with E-state index in [9.17, 15) is 9.18 Å². The summed E-state index contributed by atoms with van der Waals surface area (Å²) in [4.78, 5) is 14.8. The lowest BCUT2D eigenvalue weighted by molar-refractivity contribution is -0.121. The molecular weight excluding hydrogens is 371 g/mol. The number of nitrogens with one attached hydrogen (secondary N) is 1. The van der Waals surface area contributed by atoms with Crippen molar-refractivity contribution in [2.45, 2.75) is 19.4 Å². The lowest BCUT2D eigenvalue weighted by Crippen LogP contribution is -2.40. The molecule has 0 spiro atoms. The van der Waals surface area contributed by atoms with Gasteiger partial charge in [0.15, 0.2) is 11.5 Å². The highest BCUT2D eigenvalue weighted by atomic mass is 35.5. The van der Waals surface area contributed by atoms with Crippen molar-refractivity contribution < 1.29 is 18.7 Å². The first-order valence-electron chi connectivity index (χ1n) is 8.96. The molecule has 0 bridgehead atoms. The standard InChI is InChI=1S/C20H20ClFN2O3/c21-16-4-1-5-17(22)15(16)11-24-8-2-3-13(10-24)20(25)23-14-6-7-18-19(9-14)27-12-26-18/h1,4-7,9,13H,2-3,8,10-12H2,(H,23,25). The van der Waals surface area contributed by atoms with Gasteiger partial charge in [-0.3, -0.25) is 9.69 Å². The van der Waals surface area contributed by atoms with Crippen molar-refractivity contribution in [2.24, 2.45) is 5.92 Å². The average Bonchev–Trinajstić information content (AvgIpc) is 3.13. The van der Waals surface area contributed by atoms with Crippen LogP contribution in [0.5, 0.6) is 11.5 Å². The molecule has 2 aliphatic rings. The Labute approximate surface area is 162 Å². The summed E-state index contributed by atoms with van der Waals surface area (Å²) >= 11 is 6.13. The number of halogens is 2. The summed E-state index contributed by atoms with van der Waals surface area (Å²) in [5.41, 5.74) is 1.16. The molecule has 0 saturated carbocycles. The highest BCUT2D eigenvalue weighted by Gasteiger charge is 2.27. The second-order valence-electron chi connectivity index (χ2n) is 6.83. The minimum absolute atomic E-state index is 0.0433. The quantitative estimate of drug-likeness (QED) is 0.855. The third-order valence-corrected chi connectivity index (χ3v) is 5.31. The summed E-state index contributed by atoms with van der Waals surface area (Å²) < 4.78 is 24.7. The Balaban J connectivity index is 1.39. The minimum atomic E-state index is -0.311. The highest BCUT2D eigenvalue weighted by Crippen LogP contribution is 2.34. The molecule has 1 saturated heterocycles. The van der Waals surface area contributed by atoms with Gasteiger partial charge in [-0.15, -0.1) is 0 Å². The van der Waals surface area contributed by atoms with E-state index in [1.807, 2.05) is 0 Å². The summed E-state index contributed by atoms with van der Waals surface area (Å²) in [5.74, 6) is 0.799. The summed E-state index contributed by atoms with van der Waals surface area (Å²) in [5, 5.41) is 3.37. The average molecular weight is 391 g/mol. The molecule has 27 heavy (non-hydrogen) atoms. The zero-order valence-electron chi connectivity index (χ0n) is 14.7. The molecule has 5 nitrogen and oxygen atoms in total. The van der Waals surface area contributed by atoms with Gasteiger partial charge in [0.2, 0.25) is 12.7 Å². The third kappa shape index (κ3) is 4.01. The smallest absolute Gasteiger partial charge is 0.231 e. The van der Waals surface area contributed by atoms with Gasteiger partial charge < -0.3 is 14.8 Å². The number of likely N-dealkylation sites (tertiary alicyclic amines) is 1. The van der Waals surface area contributed by atoms with Crippen LogP contribution in [0.3, 0.4) is 0 Å². The van der Waals surface area contributed by atoms with Crippen LogP contribution in [0.1, 0.15) is 18.4 Å². The molecule has 2 aromatic carbocycles. The van der Waals surface area contributed by atoms with Crippen LogP contribution in [0, 0.1) is 11.7 Å². The molecule has 1 fully saturated rings. The molecule has 0 aliphatic carbocycles. The molecule has 2 aliphatic heterocycles. The predicted octanol–water partition coefficient (Wildman–Crippen LogP) is 4.06. The van der Waals surface area contributed by atoms with Crippen LogP contribution in [-0.4, -0.2) is 30.7 Å². The fraction of sp³-hybridized carbons (Fsp3) is 0.350. The third-order valence-electron chi connectivity index (χ3n) is 4.96. The Morgan fingerprint density at radius 2 is 2.11 bits per heavy atom. The van der Waals surface area contributed by atoms with Gasteiger partial charge in [0.25, 0.3) is 0 Å². The zero-order chi connectivity index (χ0) is 18.8. The van der Waals surface area contributed by atoms with Gasteiger partial charge in [0.1, 0.15) is 5.82 Å². The summed E-state index contributed by atoms with van der Waals surface area (Å²) in [6, 6.07) is 10.0.